The number of hydrogen-bond donors (Lipinski definition) is 2. The van der Waals surface area contributed by atoms with E-state index in [2.05, 4.69) is 25.5 Å². The number of rotatable bonds is 9. The van der Waals surface area contributed by atoms with Gasteiger partial charge in [-0.05, 0) is 52.0 Å². The molecule has 1 aromatic carbocycles. The number of carbonyl (C=O) groups excluding carboxylic acids is 1. The highest BCUT2D eigenvalue weighted by Gasteiger charge is 2.10. The van der Waals surface area contributed by atoms with Crippen molar-refractivity contribution in [3.05, 3.63) is 53.2 Å². The van der Waals surface area contributed by atoms with Crippen molar-refractivity contribution in [1.29, 1.82) is 0 Å². The van der Waals surface area contributed by atoms with Crippen LogP contribution in [0.15, 0.2) is 30.3 Å². The largest absolute Gasteiger partial charge is 0.370 e. The Hall–Kier alpha value is -2.54. The minimum Gasteiger partial charge on any atom is -0.370 e. The van der Waals surface area contributed by atoms with Crippen molar-refractivity contribution in [2.75, 3.05) is 39.0 Å². The van der Waals surface area contributed by atoms with E-state index in [1.54, 1.807) is 31.2 Å². The fourth-order valence-electron chi connectivity index (χ4n) is 2.49. The molecule has 0 spiro atoms. The molecule has 0 aliphatic carbocycles. The Morgan fingerprint density at radius 1 is 1.19 bits per heavy atom. The SMILES string of the molecule is Cc1nc(NCCCN(C)C)cc(C(=O)NCCc2ccccc2F)n1. The maximum atomic E-state index is 13.6. The summed E-state index contributed by atoms with van der Waals surface area (Å²) in [5.41, 5.74) is 0.885. The van der Waals surface area contributed by atoms with Gasteiger partial charge < -0.3 is 15.5 Å². The minimum atomic E-state index is -0.289. The third-order valence-electron chi connectivity index (χ3n) is 3.80. The Bertz CT molecular complexity index is 736. The molecule has 7 heteroatoms. The molecular formula is C19H26FN5O. The van der Waals surface area contributed by atoms with Crippen molar-refractivity contribution in [3.8, 4) is 0 Å². The molecule has 1 amide bonds. The molecule has 26 heavy (non-hydrogen) atoms. The van der Waals surface area contributed by atoms with Crippen molar-refractivity contribution in [2.45, 2.75) is 19.8 Å². The Kier molecular flexibility index (Phi) is 7.47. The van der Waals surface area contributed by atoms with Crippen LogP contribution >= 0.6 is 0 Å². The number of amides is 1. The van der Waals surface area contributed by atoms with Crippen molar-refractivity contribution in [3.63, 3.8) is 0 Å². The Morgan fingerprint density at radius 2 is 1.96 bits per heavy atom. The summed E-state index contributed by atoms with van der Waals surface area (Å²) in [5, 5.41) is 6.00. The first kappa shape index (κ1) is 19.8. The van der Waals surface area contributed by atoms with Gasteiger partial charge in [-0.25, -0.2) is 14.4 Å². The number of halogens is 1. The Morgan fingerprint density at radius 3 is 2.69 bits per heavy atom. The first-order valence-electron chi connectivity index (χ1n) is 8.71. The molecule has 0 aliphatic heterocycles. The number of aryl methyl sites for hydroxylation is 1. The molecule has 2 aromatic rings. The van der Waals surface area contributed by atoms with Gasteiger partial charge in [-0.15, -0.1) is 0 Å². The maximum absolute atomic E-state index is 13.6. The summed E-state index contributed by atoms with van der Waals surface area (Å²) in [5.74, 6) is 0.615. The van der Waals surface area contributed by atoms with E-state index in [1.165, 1.54) is 6.07 Å². The monoisotopic (exact) mass is 359 g/mol. The number of carbonyl (C=O) groups is 1. The van der Waals surface area contributed by atoms with Gasteiger partial charge in [-0.3, -0.25) is 4.79 Å². The normalized spacial score (nSPS) is 10.8. The number of anilines is 1. The van der Waals surface area contributed by atoms with E-state index in [-0.39, 0.29) is 11.7 Å². The predicted molar refractivity (Wildman–Crippen MR) is 101 cm³/mol. The summed E-state index contributed by atoms with van der Waals surface area (Å²) in [6.07, 6.45) is 1.40. The quantitative estimate of drug-likeness (QED) is 0.672. The molecule has 0 fully saturated rings. The molecule has 0 atom stereocenters. The zero-order valence-electron chi connectivity index (χ0n) is 15.6. The molecule has 0 bridgehead atoms. The van der Waals surface area contributed by atoms with Crippen molar-refractivity contribution in [2.24, 2.45) is 0 Å². The van der Waals surface area contributed by atoms with Gasteiger partial charge >= 0.3 is 0 Å². The van der Waals surface area contributed by atoms with Crippen LogP contribution in [0.4, 0.5) is 10.2 Å². The fourth-order valence-corrected chi connectivity index (χ4v) is 2.49. The summed E-state index contributed by atoms with van der Waals surface area (Å²) < 4.78 is 13.6. The molecule has 0 aliphatic rings. The summed E-state index contributed by atoms with van der Waals surface area (Å²) >= 11 is 0. The van der Waals surface area contributed by atoms with E-state index in [1.807, 2.05) is 14.1 Å². The van der Waals surface area contributed by atoms with Crippen molar-refractivity contribution < 1.29 is 9.18 Å². The second-order valence-electron chi connectivity index (χ2n) is 6.37. The summed E-state index contributed by atoms with van der Waals surface area (Å²) in [6, 6.07) is 8.20. The summed E-state index contributed by atoms with van der Waals surface area (Å²) in [4.78, 5) is 22.9. The van der Waals surface area contributed by atoms with Crippen LogP contribution < -0.4 is 10.6 Å². The highest BCUT2D eigenvalue weighted by molar-refractivity contribution is 5.92. The first-order valence-corrected chi connectivity index (χ1v) is 8.71. The lowest BCUT2D eigenvalue weighted by Crippen LogP contribution is -2.27. The van der Waals surface area contributed by atoms with Crippen LogP contribution in [0.5, 0.6) is 0 Å². The lowest BCUT2D eigenvalue weighted by molar-refractivity contribution is 0.0948. The summed E-state index contributed by atoms with van der Waals surface area (Å²) in [6.45, 7) is 3.83. The zero-order valence-corrected chi connectivity index (χ0v) is 15.6. The van der Waals surface area contributed by atoms with Gasteiger partial charge in [-0.2, -0.15) is 0 Å². The molecule has 0 saturated heterocycles. The average molecular weight is 359 g/mol. The van der Waals surface area contributed by atoms with Gasteiger partial charge in [0.05, 0.1) is 0 Å². The van der Waals surface area contributed by atoms with E-state index < -0.39 is 0 Å². The van der Waals surface area contributed by atoms with Crippen molar-refractivity contribution in [1.82, 2.24) is 20.2 Å². The van der Waals surface area contributed by atoms with Gasteiger partial charge in [0.1, 0.15) is 23.2 Å². The maximum Gasteiger partial charge on any atom is 0.270 e. The molecular weight excluding hydrogens is 333 g/mol. The van der Waals surface area contributed by atoms with Gasteiger partial charge in [0, 0.05) is 19.2 Å². The molecule has 0 saturated carbocycles. The topological polar surface area (TPSA) is 70.2 Å². The second-order valence-corrected chi connectivity index (χ2v) is 6.37. The zero-order chi connectivity index (χ0) is 18.9. The molecule has 140 valence electrons. The molecule has 2 N–H and O–H groups in total. The second kappa shape index (κ2) is 9.82. The fraction of sp³-hybridized carbons (Fsp3) is 0.421. The smallest absolute Gasteiger partial charge is 0.270 e. The van der Waals surface area contributed by atoms with Crippen LogP contribution in [0.25, 0.3) is 0 Å². The van der Waals surface area contributed by atoms with Gasteiger partial charge in [0.25, 0.3) is 5.91 Å². The van der Waals surface area contributed by atoms with E-state index >= 15 is 0 Å². The van der Waals surface area contributed by atoms with E-state index in [0.717, 1.165) is 19.5 Å². The lowest BCUT2D eigenvalue weighted by Gasteiger charge is -2.11. The first-order chi connectivity index (χ1) is 12.5. The molecule has 1 heterocycles. The average Bonchev–Trinajstić information content (AvgIpc) is 2.59. The Labute approximate surface area is 153 Å². The molecule has 0 unspecified atom stereocenters. The van der Waals surface area contributed by atoms with Crippen molar-refractivity contribution >= 4 is 11.7 Å². The number of nitrogens with zero attached hydrogens (tertiary/aromatic N) is 3. The third kappa shape index (κ3) is 6.40. The molecule has 6 nitrogen and oxygen atoms in total. The highest BCUT2D eigenvalue weighted by Crippen LogP contribution is 2.08. The number of aromatic nitrogens is 2. The number of hydrogen-bond acceptors (Lipinski definition) is 5. The van der Waals surface area contributed by atoms with Crippen LogP contribution in [0, 0.1) is 12.7 Å². The van der Waals surface area contributed by atoms with Crippen LogP contribution in [0.1, 0.15) is 28.3 Å². The van der Waals surface area contributed by atoms with Gasteiger partial charge in [0.15, 0.2) is 0 Å². The number of nitrogens with one attached hydrogen (secondary N) is 2. The molecule has 1 aromatic heterocycles. The number of benzene rings is 1. The van der Waals surface area contributed by atoms with Crippen LogP contribution in [0.3, 0.4) is 0 Å². The standard InChI is InChI=1S/C19H26FN5O/c1-14-23-17(13-18(24-14)21-10-6-12-25(2)3)19(26)22-11-9-15-7-4-5-8-16(15)20/h4-5,7-8,13H,6,9-12H2,1-3H3,(H,22,26)(H,21,23,24). The third-order valence-corrected chi connectivity index (χ3v) is 3.80. The molecule has 2 rings (SSSR count). The van der Waals surface area contributed by atoms with E-state index in [0.29, 0.717) is 35.9 Å². The lowest BCUT2D eigenvalue weighted by atomic mass is 10.1. The van der Waals surface area contributed by atoms with Gasteiger partial charge in [0.2, 0.25) is 0 Å². The van der Waals surface area contributed by atoms with Crippen LogP contribution in [0.2, 0.25) is 0 Å². The Balaban J connectivity index is 1.88. The van der Waals surface area contributed by atoms with Crippen LogP contribution in [-0.2, 0) is 6.42 Å². The highest BCUT2D eigenvalue weighted by atomic mass is 19.1. The minimum absolute atomic E-state index is 0.260. The molecule has 0 radical (unpaired) electrons. The van der Waals surface area contributed by atoms with Crippen LogP contribution in [-0.4, -0.2) is 54.5 Å². The summed E-state index contributed by atoms with van der Waals surface area (Å²) in [7, 11) is 4.05. The predicted octanol–water partition coefficient (Wildman–Crippen LogP) is 2.26. The van der Waals surface area contributed by atoms with E-state index in [4.69, 9.17) is 0 Å². The van der Waals surface area contributed by atoms with Gasteiger partial charge in [-0.1, -0.05) is 18.2 Å². The van der Waals surface area contributed by atoms with E-state index in [9.17, 15) is 9.18 Å².